The minimum Gasteiger partial charge on any atom is -0.387 e. The predicted octanol–water partition coefficient (Wildman–Crippen LogP) is 4.54. The van der Waals surface area contributed by atoms with E-state index in [1.54, 1.807) is 11.8 Å². The summed E-state index contributed by atoms with van der Waals surface area (Å²) in [6.45, 7) is 2.08. The molecular formula is C13H13ClOS2. The minimum absolute atomic E-state index is 0.493. The second kappa shape index (κ2) is 5.91. The van der Waals surface area contributed by atoms with Crippen molar-refractivity contribution in [2.24, 2.45) is 0 Å². The van der Waals surface area contributed by atoms with Crippen molar-refractivity contribution < 1.29 is 5.11 Å². The van der Waals surface area contributed by atoms with E-state index in [0.29, 0.717) is 10.8 Å². The highest BCUT2D eigenvalue weighted by atomic mass is 35.5. The van der Waals surface area contributed by atoms with Gasteiger partial charge in [-0.05, 0) is 30.0 Å². The Bertz CT molecular complexity index is 496. The zero-order valence-corrected chi connectivity index (χ0v) is 11.8. The molecule has 0 fully saturated rings. The van der Waals surface area contributed by atoms with Crippen LogP contribution in [0.4, 0.5) is 0 Å². The van der Waals surface area contributed by atoms with Gasteiger partial charge in [0.2, 0.25) is 0 Å². The molecule has 1 nitrogen and oxygen atoms in total. The Morgan fingerprint density at radius 2 is 2.12 bits per heavy atom. The molecule has 0 bridgehead atoms. The number of aryl methyl sites for hydroxylation is 1. The van der Waals surface area contributed by atoms with E-state index in [9.17, 15) is 5.11 Å². The summed E-state index contributed by atoms with van der Waals surface area (Å²) in [6.07, 6.45) is -0.493. The lowest BCUT2D eigenvalue weighted by Crippen LogP contribution is -1.98. The Hall–Kier alpha value is -0.480. The summed E-state index contributed by atoms with van der Waals surface area (Å²) in [5.74, 6) is 0.630. The summed E-state index contributed by atoms with van der Waals surface area (Å²) in [4.78, 5) is 2.06. The number of benzene rings is 1. The maximum atomic E-state index is 10.0. The van der Waals surface area contributed by atoms with Gasteiger partial charge in [-0.2, -0.15) is 0 Å². The molecule has 1 N–H and O–H groups in total. The van der Waals surface area contributed by atoms with E-state index in [1.807, 2.05) is 23.6 Å². The number of hydrogen-bond donors (Lipinski definition) is 1. The van der Waals surface area contributed by atoms with Gasteiger partial charge in [0.1, 0.15) is 0 Å². The summed E-state index contributed by atoms with van der Waals surface area (Å²) >= 11 is 9.15. The Labute approximate surface area is 114 Å². The molecule has 0 spiro atoms. The monoisotopic (exact) mass is 284 g/mol. The van der Waals surface area contributed by atoms with Gasteiger partial charge < -0.3 is 5.11 Å². The number of rotatable bonds is 4. The fourth-order valence-electron chi connectivity index (χ4n) is 1.51. The highest BCUT2D eigenvalue weighted by Gasteiger charge is 2.13. The quantitative estimate of drug-likeness (QED) is 0.832. The van der Waals surface area contributed by atoms with Crippen LogP contribution in [0.5, 0.6) is 0 Å². The molecule has 17 heavy (non-hydrogen) atoms. The lowest BCUT2D eigenvalue weighted by Gasteiger charge is -2.10. The van der Waals surface area contributed by atoms with Crippen LogP contribution in [0.3, 0.4) is 0 Å². The molecule has 0 aliphatic rings. The molecule has 1 atom stereocenters. The second-order valence-electron chi connectivity index (χ2n) is 3.73. The van der Waals surface area contributed by atoms with E-state index < -0.39 is 6.10 Å². The highest BCUT2D eigenvalue weighted by molar-refractivity contribution is 7.99. The van der Waals surface area contributed by atoms with Gasteiger partial charge in [0.05, 0.1) is 16.0 Å². The SMILES string of the molecule is Cc1ccccc1SCC(O)c1sccc1Cl. The number of aliphatic hydroxyl groups is 1. The molecule has 0 radical (unpaired) electrons. The van der Waals surface area contributed by atoms with Crippen LogP contribution in [-0.4, -0.2) is 10.9 Å². The molecule has 90 valence electrons. The third kappa shape index (κ3) is 3.26. The van der Waals surface area contributed by atoms with Crippen LogP contribution in [0.15, 0.2) is 40.6 Å². The molecule has 0 aliphatic carbocycles. The molecule has 1 unspecified atom stereocenters. The van der Waals surface area contributed by atoms with Crippen molar-refractivity contribution in [3.8, 4) is 0 Å². The second-order valence-corrected chi connectivity index (χ2v) is 6.14. The fraction of sp³-hybridized carbons (Fsp3) is 0.231. The average molecular weight is 285 g/mol. The maximum Gasteiger partial charge on any atom is 0.0990 e. The highest BCUT2D eigenvalue weighted by Crippen LogP contribution is 2.33. The molecule has 1 aromatic carbocycles. The summed E-state index contributed by atoms with van der Waals surface area (Å²) in [5.41, 5.74) is 1.24. The van der Waals surface area contributed by atoms with Gasteiger partial charge in [-0.15, -0.1) is 23.1 Å². The van der Waals surface area contributed by atoms with Crippen LogP contribution in [0.1, 0.15) is 16.5 Å². The van der Waals surface area contributed by atoms with E-state index in [4.69, 9.17) is 11.6 Å². The van der Waals surface area contributed by atoms with Crippen molar-refractivity contribution in [2.75, 3.05) is 5.75 Å². The molecular weight excluding hydrogens is 272 g/mol. The van der Waals surface area contributed by atoms with Crippen LogP contribution in [0, 0.1) is 6.92 Å². The predicted molar refractivity (Wildman–Crippen MR) is 76.2 cm³/mol. The Morgan fingerprint density at radius 1 is 1.35 bits per heavy atom. The fourth-order valence-corrected chi connectivity index (χ4v) is 3.76. The summed E-state index contributed by atoms with van der Waals surface area (Å²) in [7, 11) is 0. The van der Waals surface area contributed by atoms with E-state index in [2.05, 4.69) is 19.1 Å². The number of aliphatic hydroxyl groups excluding tert-OH is 1. The smallest absolute Gasteiger partial charge is 0.0990 e. The zero-order valence-electron chi connectivity index (χ0n) is 9.39. The Morgan fingerprint density at radius 3 is 2.76 bits per heavy atom. The van der Waals surface area contributed by atoms with Gasteiger partial charge >= 0.3 is 0 Å². The van der Waals surface area contributed by atoms with Gasteiger partial charge in [-0.25, -0.2) is 0 Å². The average Bonchev–Trinajstić information content (AvgIpc) is 2.74. The number of halogens is 1. The third-order valence-electron chi connectivity index (χ3n) is 2.44. The van der Waals surface area contributed by atoms with Crippen molar-refractivity contribution in [2.45, 2.75) is 17.9 Å². The summed E-state index contributed by atoms with van der Waals surface area (Å²) in [6, 6.07) is 10.0. The Balaban J connectivity index is 2.00. The van der Waals surface area contributed by atoms with Crippen molar-refractivity contribution in [1.82, 2.24) is 0 Å². The minimum atomic E-state index is -0.493. The van der Waals surface area contributed by atoms with Crippen molar-refractivity contribution in [3.63, 3.8) is 0 Å². The van der Waals surface area contributed by atoms with Gasteiger partial charge in [0.15, 0.2) is 0 Å². The molecule has 4 heteroatoms. The van der Waals surface area contributed by atoms with Crippen molar-refractivity contribution in [3.05, 3.63) is 51.2 Å². The molecule has 1 aromatic heterocycles. The molecule has 0 saturated carbocycles. The first-order chi connectivity index (χ1) is 8.18. The van der Waals surface area contributed by atoms with Crippen molar-refractivity contribution in [1.29, 1.82) is 0 Å². The third-order valence-corrected chi connectivity index (χ3v) is 5.15. The van der Waals surface area contributed by atoms with E-state index in [-0.39, 0.29) is 0 Å². The zero-order chi connectivity index (χ0) is 12.3. The number of hydrogen-bond acceptors (Lipinski definition) is 3. The molecule has 0 amide bonds. The largest absolute Gasteiger partial charge is 0.387 e. The number of thiophene rings is 1. The van der Waals surface area contributed by atoms with Gasteiger partial charge in [-0.3, -0.25) is 0 Å². The normalized spacial score (nSPS) is 12.6. The van der Waals surface area contributed by atoms with E-state index >= 15 is 0 Å². The first-order valence-electron chi connectivity index (χ1n) is 5.28. The first-order valence-corrected chi connectivity index (χ1v) is 7.52. The summed E-state index contributed by atoms with van der Waals surface area (Å²) < 4.78 is 0. The molecule has 2 aromatic rings. The maximum absolute atomic E-state index is 10.0. The van der Waals surface area contributed by atoms with Crippen LogP contribution in [-0.2, 0) is 0 Å². The molecule has 0 saturated heterocycles. The van der Waals surface area contributed by atoms with Crippen molar-refractivity contribution >= 4 is 34.7 Å². The topological polar surface area (TPSA) is 20.2 Å². The van der Waals surface area contributed by atoms with Gasteiger partial charge in [0, 0.05) is 10.6 Å². The lowest BCUT2D eigenvalue weighted by atomic mass is 10.2. The van der Waals surface area contributed by atoms with E-state index in [1.165, 1.54) is 21.8 Å². The first kappa shape index (κ1) is 13.0. The molecule has 2 rings (SSSR count). The van der Waals surface area contributed by atoms with Crippen LogP contribution in [0.2, 0.25) is 5.02 Å². The Kier molecular flexibility index (Phi) is 4.51. The number of thioether (sulfide) groups is 1. The van der Waals surface area contributed by atoms with Crippen LogP contribution in [0.25, 0.3) is 0 Å². The molecule has 1 heterocycles. The van der Waals surface area contributed by atoms with Crippen LogP contribution >= 0.6 is 34.7 Å². The standard InChI is InChI=1S/C13H13ClOS2/c1-9-4-2-3-5-12(9)17-8-11(15)13-10(14)6-7-16-13/h2-7,11,15H,8H2,1H3. The van der Waals surface area contributed by atoms with Gasteiger partial charge in [0.25, 0.3) is 0 Å². The van der Waals surface area contributed by atoms with E-state index in [0.717, 1.165) is 4.88 Å². The van der Waals surface area contributed by atoms with Crippen LogP contribution < -0.4 is 0 Å². The summed E-state index contributed by atoms with van der Waals surface area (Å²) in [5, 5.41) is 12.6. The van der Waals surface area contributed by atoms with Gasteiger partial charge in [-0.1, -0.05) is 29.8 Å². The lowest BCUT2D eigenvalue weighted by molar-refractivity contribution is 0.208. The molecule has 0 aliphatic heterocycles.